The molecule has 0 saturated carbocycles. The van der Waals surface area contributed by atoms with Gasteiger partial charge in [-0.05, 0) is 50.2 Å². The molecular formula is C20H26Cl6N2. The molecule has 0 aliphatic carbocycles. The number of hydrogen-bond acceptors (Lipinski definition) is 2. The third kappa shape index (κ3) is 7.11. The Hall–Kier alpha value is 0.1000. The summed E-state index contributed by atoms with van der Waals surface area (Å²) in [5.74, 6) is 0. The average Bonchev–Trinajstić information content (AvgIpc) is 2.60. The second-order valence-electron chi connectivity index (χ2n) is 6.13. The zero-order valence-electron chi connectivity index (χ0n) is 15.8. The first kappa shape index (κ1) is 28.1. The molecule has 0 spiro atoms. The highest BCUT2D eigenvalue weighted by atomic mass is 35.5. The monoisotopic (exact) mass is 504 g/mol. The highest BCUT2D eigenvalue weighted by Gasteiger charge is 2.30. The number of benzene rings is 2. The first-order chi connectivity index (χ1) is 12.5. The van der Waals surface area contributed by atoms with Crippen molar-refractivity contribution in [1.29, 1.82) is 0 Å². The molecule has 28 heavy (non-hydrogen) atoms. The van der Waals surface area contributed by atoms with Crippen LogP contribution in [0.1, 0.15) is 49.9 Å². The van der Waals surface area contributed by atoms with Crippen LogP contribution in [-0.4, -0.2) is 13.1 Å². The Labute approximate surface area is 200 Å². The molecule has 0 aliphatic rings. The Morgan fingerprint density at radius 1 is 0.643 bits per heavy atom. The van der Waals surface area contributed by atoms with Crippen molar-refractivity contribution in [3.05, 3.63) is 67.6 Å². The predicted molar refractivity (Wildman–Crippen MR) is 129 cm³/mol. The standard InChI is InChI=1S/C20H24Cl4N2.2ClH/c1-3-11-25-19(17-13(21)7-5-8-14(17)22)20(26-12-4-2)18-15(23)9-6-10-16(18)24;;/h5-10,19-20,25-26H,3-4,11-12H2,1-2H3;2*1H. The van der Waals surface area contributed by atoms with Gasteiger partial charge in [0.2, 0.25) is 0 Å². The quantitative estimate of drug-likeness (QED) is 0.361. The minimum atomic E-state index is -0.167. The summed E-state index contributed by atoms with van der Waals surface area (Å²) in [4.78, 5) is 0. The number of halogens is 6. The summed E-state index contributed by atoms with van der Waals surface area (Å²) in [6, 6.07) is 10.8. The highest BCUT2D eigenvalue weighted by Crippen LogP contribution is 2.41. The maximum absolute atomic E-state index is 6.53. The molecule has 2 atom stereocenters. The zero-order valence-corrected chi connectivity index (χ0v) is 20.4. The Balaban J connectivity index is 0.00000364. The van der Waals surface area contributed by atoms with Crippen LogP contribution in [-0.2, 0) is 0 Å². The van der Waals surface area contributed by atoms with Crippen LogP contribution in [0.4, 0.5) is 0 Å². The van der Waals surface area contributed by atoms with E-state index in [1.54, 1.807) is 0 Å². The molecule has 0 aromatic heterocycles. The van der Waals surface area contributed by atoms with E-state index >= 15 is 0 Å². The fourth-order valence-corrected chi connectivity index (χ4v) is 4.25. The first-order valence-electron chi connectivity index (χ1n) is 8.85. The number of hydrogen-bond donors (Lipinski definition) is 2. The van der Waals surface area contributed by atoms with Crippen LogP contribution in [0.3, 0.4) is 0 Å². The van der Waals surface area contributed by atoms with Crippen LogP contribution in [0.2, 0.25) is 20.1 Å². The minimum absolute atomic E-state index is 0. The van der Waals surface area contributed by atoms with Gasteiger partial charge >= 0.3 is 0 Å². The van der Waals surface area contributed by atoms with Crippen LogP contribution in [0.15, 0.2) is 36.4 Å². The van der Waals surface area contributed by atoms with E-state index < -0.39 is 0 Å². The summed E-state index contributed by atoms with van der Waals surface area (Å²) in [5, 5.41) is 9.65. The van der Waals surface area contributed by atoms with E-state index in [-0.39, 0.29) is 36.9 Å². The van der Waals surface area contributed by atoms with E-state index in [0.29, 0.717) is 20.1 Å². The lowest BCUT2D eigenvalue weighted by molar-refractivity contribution is 0.385. The van der Waals surface area contributed by atoms with Crippen LogP contribution >= 0.6 is 71.2 Å². The summed E-state index contributed by atoms with van der Waals surface area (Å²) >= 11 is 26.1. The molecule has 2 unspecified atom stereocenters. The summed E-state index contributed by atoms with van der Waals surface area (Å²) in [6.07, 6.45) is 1.96. The smallest absolute Gasteiger partial charge is 0.0549 e. The molecule has 0 amide bonds. The van der Waals surface area contributed by atoms with Crippen molar-refractivity contribution < 1.29 is 0 Å². The number of nitrogens with one attached hydrogen (secondary N) is 2. The Bertz CT molecular complexity index is 624. The Kier molecular flexibility index (Phi) is 14.2. The topological polar surface area (TPSA) is 24.1 Å². The average molecular weight is 507 g/mol. The van der Waals surface area contributed by atoms with E-state index in [9.17, 15) is 0 Å². The molecule has 2 nitrogen and oxygen atoms in total. The van der Waals surface area contributed by atoms with Crippen molar-refractivity contribution in [3.63, 3.8) is 0 Å². The van der Waals surface area contributed by atoms with Crippen molar-refractivity contribution in [2.45, 2.75) is 38.8 Å². The van der Waals surface area contributed by atoms with Gasteiger partial charge < -0.3 is 10.6 Å². The van der Waals surface area contributed by atoms with Crippen molar-refractivity contribution in [2.75, 3.05) is 13.1 Å². The second-order valence-corrected chi connectivity index (χ2v) is 7.76. The fourth-order valence-electron chi connectivity index (χ4n) is 2.99. The zero-order chi connectivity index (χ0) is 19.1. The Morgan fingerprint density at radius 3 is 1.18 bits per heavy atom. The van der Waals surface area contributed by atoms with Gasteiger partial charge in [-0.2, -0.15) is 0 Å². The van der Waals surface area contributed by atoms with Gasteiger partial charge in [0.1, 0.15) is 0 Å². The molecule has 2 N–H and O–H groups in total. The molecule has 2 aromatic rings. The minimum Gasteiger partial charge on any atom is -0.308 e. The van der Waals surface area contributed by atoms with E-state index in [4.69, 9.17) is 46.4 Å². The predicted octanol–water partition coefficient (Wildman–Crippen LogP) is 7.93. The van der Waals surface area contributed by atoms with Crippen molar-refractivity contribution in [2.24, 2.45) is 0 Å². The Morgan fingerprint density at radius 2 is 0.929 bits per heavy atom. The van der Waals surface area contributed by atoms with Gasteiger partial charge in [0.05, 0.1) is 12.1 Å². The molecule has 0 bridgehead atoms. The normalized spacial score (nSPS) is 12.6. The molecule has 0 radical (unpaired) electrons. The maximum Gasteiger partial charge on any atom is 0.0549 e. The van der Waals surface area contributed by atoms with Gasteiger partial charge in [0, 0.05) is 31.2 Å². The summed E-state index contributed by atoms with van der Waals surface area (Å²) < 4.78 is 0. The van der Waals surface area contributed by atoms with E-state index in [0.717, 1.165) is 37.1 Å². The lowest BCUT2D eigenvalue weighted by atomic mass is 9.92. The highest BCUT2D eigenvalue weighted by molar-refractivity contribution is 6.37. The van der Waals surface area contributed by atoms with Crippen molar-refractivity contribution in [1.82, 2.24) is 10.6 Å². The van der Waals surface area contributed by atoms with Gasteiger partial charge in [-0.25, -0.2) is 0 Å². The van der Waals surface area contributed by atoms with Gasteiger partial charge in [-0.3, -0.25) is 0 Å². The fraction of sp³-hybridized carbons (Fsp3) is 0.400. The second kappa shape index (κ2) is 14.2. The van der Waals surface area contributed by atoms with E-state index in [2.05, 4.69) is 24.5 Å². The molecule has 0 fully saturated rings. The van der Waals surface area contributed by atoms with Gasteiger partial charge in [-0.15, -0.1) is 24.8 Å². The van der Waals surface area contributed by atoms with E-state index in [1.807, 2.05) is 36.4 Å². The van der Waals surface area contributed by atoms with Gasteiger partial charge in [-0.1, -0.05) is 72.4 Å². The molecule has 8 heteroatoms. The summed E-state index contributed by atoms with van der Waals surface area (Å²) in [5.41, 5.74) is 1.71. The maximum atomic E-state index is 6.53. The SMILES string of the molecule is CCCNC(c1c(Cl)cccc1Cl)C(NCCC)c1c(Cl)cccc1Cl.Cl.Cl. The summed E-state index contributed by atoms with van der Waals surface area (Å²) in [7, 11) is 0. The molecule has 0 heterocycles. The molecule has 2 rings (SSSR count). The first-order valence-corrected chi connectivity index (χ1v) is 10.4. The lowest BCUT2D eigenvalue weighted by Gasteiger charge is -2.32. The van der Waals surface area contributed by atoms with Crippen LogP contribution in [0.5, 0.6) is 0 Å². The van der Waals surface area contributed by atoms with Gasteiger partial charge in [0.25, 0.3) is 0 Å². The molecule has 0 saturated heterocycles. The van der Waals surface area contributed by atoms with Crippen LogP contribution in [0.25, 0.3) is 0 Å². The third-order valence-electron chi connectivity index (χ3n) is 4.18. The molecule has 2 aromatic carbocycles. The third-order valence-corrected chi connectivity index (χ3v) is 5.50. The lowest BCUT2D eigenvalue weighted by Crippen LogP contribution is -2.37. The molecule has 0 aliphatic heterocycles. The van der Waals surface area contributed by atoms with Crippen LogP contribution < -0.4 is 10.6 Å². The van der Waals surface area contributed by atoms with Gasteiger partial charge in [0.15, 0.2) is 0 Å². The van der Waals surface area contributed by atoms with Crippen molar-refractivity contribution >= 4 is 71.2 Å². The van der Waals surface area contributed by atoms with E-state index in [1.165, 1.54) is 0 Å². The number of rotatable bonds is 9. The van der Waals surface area contributed by atoms with Crippen molar-refractivity contribution in [3.8, 4) is 0 Å². The van der Waals surface area contributed by atoms with Crippen LogP contribution in [0, 0.1) is 0 Å². The molecular weight excluding hydrogens is 481 g/mol. The molecule has 158 valence electrons. The summed E-state index contributed by atoms with van der Waals surface area (Å²) in [6.45, 7) is 5.88. The largest absolute Gasteiger partial charge is 0.308 e.